The van der Waals surface area contributed by atoms with Crippen LogP contribution >= 0.6 is 24.0 Å². The van der Waals surface area contributed by atoms with E-state index in [9.17, 15) is 0 Å². The van der Waals surface area contributed by atoms with Gasteiger partial charge in [-0.05, 0) is 30.5 Å². The van der Waals surface area contributed by atoms with Crippen molar-refractivity contribution in [2.75, 3.05) is 21.3 Å². The fourth-order valence-corrected chi connectivity index (χ4v) is 3.24. The van der Waals surface area contributed by atoms with E-state index in [0.717, 1.165) is 41.9 Å². The molecule has 9 heteroatoms. The molecule has 0 saturated heterocycles. The first-order valence-corrected chi connectivity index (χ1v) is 9.31. The Morgan fingerprint density at radius 1 is 1.07 bits per heavy atom. The van der Waals surface area contributed by atoms with E-state index in [4.69, 9.17) is 9.47 Å². The summed E-state index contributed by atoms with van der Waals surface area (Å²) >= 11 is 0. The number of nitrogens with zero attached hydrogens (tertiary/aromatic N) is 4. The van der Waals surface area contributed by atoms with Crippen molar-refractivity contribution >= 4 is 29.9 Å². The number of rotatable bonds is 6. The molecule has 3 rings (SSSR count). The van der Waals surface area contributed by atoms with Gasteiger partial charge in [-0.15, -0.1) is 34.2 Å². The van der Waals surface area contributed by atoms with Crippen LogP contribution < -0.4 is 20.1 Å². The number of fused-ring (bicyclic) bond motifs is 1. The summed E-state index contributed by atoms with van der Waals surface area (Å²) in [6.45, 7) is 2.22. The van der Waals surface area contributed by atoms with Gasteiger partial charge in [0.05, 0.1) is 20.8 Å². The standard InChI is InChI=1S/C19H28N6O2.HI/c1-20-19(21-12-14-8-9-15(26-2)16(11-14)27-3)22-13-18-24-23-17-7-5-4-6-10-25(17)18;/h8-9,11H,4-7,10,12-13H2,1-3H3,(H2,20,21,22);1H. The van der Waals surface area contributed by atoms with Crippen LogP contribution in [0.4, 0.5) is 0 Å². The Morgan fingerprint density at radius 2 is 1.86 bits per heavy atom. The maximum atomic E-state index is 5.35. The number of methoxy groups -OCH3 is 2. The third kappa shape index (κ3) is 5.49. The van der Waals surface area contributed by atoms with Gasteiger partial charge in [0.1, 0.15) is 5.82 Å². The van der Waals surface area contributed by atoms with E-state index < -0.39 is 0 Å². The lowest BCUT2D eigenvalue weighted by Gasteiger charge is -2.14. The summed E-state index contributed by atoms with van der Waals surface area (Å²) < 4.78 is 12.9. The number of guanidine groups is 1. The maximum Gasteiger partial charge on any atom is 0.191 e. The normalized spacial score (nSPS) is 13.8. The number of aromatic nitrogens is 3. The fraction of sp³-hybridized carbons (Fsp3) is 0.526. The quantitative estimate of drug-likeness (QED) is 0.360. The van der Waals surface area contributed by atoms with E-state index in [1.807, 2.05) is 18.2 Å². The molecule has 0 bridgehead atoms. The van der Waals surface area contributed by atoms with Gasteiger partial charge in [0, 0.05) is 26.6 Å². The zero-order valence-electron chi connectivity index (χ0n) is 16.7. The molecule has 1 aromatic heterocycles. The maximum absolute atomic E-state index is 5.35. The third-order valence-electron chi connectivity index (χ3n) is 4.73. The van der Waals surface area contributed by atoms with Crippen molar-refractivity contribution in [1.29, 1.82) is 0 Å². The number of halogens is 1. The molecule has 28 heavy (non-hydrogen) atoms. The second-order valence-electron chi connectivity index (χ2n) is 6.46. The van der Waals surface area contributed by atoms with E-state index in [0.29, 0.717) is 18.8 Å². The second kappa shape index (κ2) is 11.1. The Hall–Kier alpha value is -2.04. The van der Waals surface area contributed by atoms with Crippen LogP contribution in [-0.2, 0) is 26.1 Å². The molecule has 8 nitrogen and oxygen atoms in total. The molecule has 0 aliphatic carbocycles. The number of hydrogen-bond acceptors (Lipinski definition) is 5. The minimum atomic E-state index is 0. The van der Waals surface area contributed by atoms with Gasteiger partial charge < -0.3 is 24.7 Å². The molecule has 2 N–H and O–H groups in total. The van der Waals surface area contributed by atoms with E-state index in [1.54, 1.807) is 21.3 Å². The van der Waals surface area contributed by atoms with Gasteiger partial charge in [0.2, 0.25) is 0 Å². The summed E-state index contributed by atoms with van der Waals surface area (Å²) in [6.07, 6.45) is 4.65. The van der Waals surface area contributed by atoms with Gasteiger partial charge >= 0.3 is 0 Å². The summed E-state index contributed by atoms with van der Waals surface area (Å²) in [5, 5.41) is 15.3. The first-order chi connectivity index (χ1) is 13.2. The van der Waals surface area contributed by atoms with Crippen molar-refractivity contribution in [3.8, 4) is 11.5 Å². The van der Waals surface area contributed by atoms with Gasteiger partial charge in [0.25, 0.3) is 0 Å². The van der Waals surface area contributed by atoms with Gasteiger partial charge in [-0.25, -0.2) is 0 Å². The SMILES string of the molecule is CN=C(NCc1ccc(OC)c(OC)c1)NCc1nnc2n1CCCCC2.I. The average Bonchev–Trinajstić information content (AvgIpc) is 2.94. The zero-order valence-corrected chi connectivity index (χ0v) is 19.0. The molecule has 2 heterocycles. The Morgan fingerprint density at radius 3 is 2.61 bits per heavy atom. The predicted molar refractivity (Wildman–Crippen MR) is 120 cm³/mol. The molecule has 1 aliphatic rings. The molecule has 0 atom stereocenters. The second-order valence-corrected chi connectivity index (χ2v) is 6.46. The van der Waals surface area contributed by atoms with Crippen LogP contribution in [0.15, 0.2) is 23.2 Å². The Kier molecular flexibility index (Phi) is 8.81. The van der Waals surface area contributed by atoms with Crippen LogP contribution in [0.25, 0.3) is 0 Å². The number of hydrogen-bond donors (Lipinski definition) is 2. The van der Waals surface area contributed by atoms with Gasteiger partial charge in [0.15, 0.2) is 23.3 Å². The molecular weight excluding hydrogens is 471 g/mol. The van der Waals surface area contributed by atoms with Gasteiger partial charge in [-0.1, -0.05) is 12.5 Å². The largest absolute Gasteiger partial charge is 0.493 e. The monoisotopic (exact) mass is 500 g/mol. The summed E-state index contributed by atoms with van der Waals surface area (Å²) in [5.74, 6) is 4.21. The lowest BCUT2D eigenvalue weighted by Crippen LogP contribution is -2.37. The van der Waals surface area contributed by atoms with Crippen molar-refractivity contribution in [3.05, 3.63) is 35.4 Å². The molecule has 0 unspecified atom stereocenters. The van der Waals surface area contributed by atoms with Crippen molar-refractivity contribution in [2.45, 2.75) is 45.3 Å². The van der Waals surface area contributed by atoms with Gasteiger partial charge in [-0.2, -0.15) is 0 Å². The van der Waals surface area contributed by atoms with Gasteiger partial charge in [-0.3, -0.25) is 4.99 Å². The van der Waals surface area contributed by atoms with Crippen LogP contribution in [-0.4, -0.2) is 42.0 Å². The summed E-state index contributed by atoms with van der Waals surface area (Å²) in [5.41, 5.74) is 1.08. The summed E-state index contributed by atoms with van der Waals surface area (Å²) in [7, 11) is 5.03. The molecule has 1 aromatic carbocycles. The molecule has 0 spiro atoms. The van der Waals surface area contributed by atoms with Crippen LogP contribution in [0.1, 0.15) is 36.5 Å². The van der Waals surface area contributed by atoms with Crippen LogP contribution in [0.3, 0.4) is 0 Å². The third-order valence-corrected chi connectivity index (χ3v) is 4.73. The highest BCUT2D eigenvalue weighted by Crippen LogP contribution is 2.27. The Bertz CT molecular complexity index is 793. The first-order valence-electron chi connectivity index (χ1n) is 9.31. The zero-order chi connectivity index (χ0) is 19.1. The molecule has 1 aliphatic heterocycles. The minimum absolute atomic E-state index is 0. The number of nitrogens with one attached hydrogen (secondary N) is 2. The number of benzene rings is 1. The van der Waals surface area contributed by atoms with E-state index >= 15 is 0 Å². The molecule has 0 fully saturated rings. The average molecular weight is 500 g/mol. The molecule has 0 radical (unpaired) electrons. The number of ether oxygens (including phenoxy) is 2. The topological polar surface area (TPSA) is 85.6 Å². The van der Waals surface area contributed by atoms with Crippen LogP contribution in [0.2, 0.25) is 0 Å². The van der Waals surface area contributed by atoms with Crippen molar-refractivity contribution < 1.29 is 9.47 Å². The number of aryl methyl sites for hydroxylation is 1. The highest BCUT2D eigenvalue weighted by atomic mass is 127. The molecule has 0 amide bonds. The predicted octanol–water partition coefficient (Wildman–Crippen LogP) is 2.50. The fourth-order valence-electron chi connectivity index (χ4n) is 3.24. The smallest absolute Gasteiger partial charge is 0.191 e. The van der Waals surface area contributed by atoms with E-state index in [-0.39, 0.29) is 24.0 Å². The van der Waals surface area contributed by atoms with E-state index in [1.165, 1.54) is 19.3 Å². The highest BCUT2D eigenvalue weighted by molar-refractivity contribution is 14.0. The van der Waals surface area contributed by atoms with Crippen molar-refractivity contribution in [2.24, 2.45) is 4.99 Å². The lowest BCUT2D eigenvalue weighted by atomic mass is 10.2. The Balaban J connectivity index is 0.00000280. The molecule has 2 aromatic rings. The molecular formula is C19H29IN6O2. The van der Waals surface area contributed by atoms with Crippen molar-refractivity contribution in [3.63, 3.8) is 0 Å². The molecule has 154 valence electrons. The molecule has 0 saturated carbocycles. The van der Waals surface area contributed by atoms with Crippen molar-refractivity contribution in [1.82, 2.24) is 25.4 Å². The number of aliphatic imine (C=N–C) groups is 1. The van der Waals surface area contributed by atoms with Crippen LogP contribution in [0, 0.1) is 0 Å². The first kappa shape index (κ1) is 22.3. The summed E-state index contributed by atoms with van der Waals surface area (Å²) in [4.78, 5) is 4.29. The Labute approximate surface area is 183 Å². The highest BCUT2D eigenvalue weighted by Gasteiger charge is 2.14. The van der Waals surface area contributed by atoms with Crippen LogP contribution in [0.5, 0.6) is 11.5 Å². The lowest BCUT2D eigenvalue weighted by molar-refractivity contribution is 0.354. The summed E-state index contributed by atoms with van der Waals surface area (Å²) in [6, 6.07) is 5.86. The minimum Gasteiger partial charge on any atom is -0.493 e. The van der Waals surface area contributed by atoms with E-state index in [2.05, 4.69) is 30.4 Å².